The van der Waals surface area contributed by atoms with E-state index in [9.17, 15) is 24.5 Å². The van der Waals surface area contributed by atoms with Crippen molar-refractivity contribution in [3.05, 3.63) is 69.7 Å². The molecule has 33 heavy (non-hydrogen) atoms. The molecule has 0 fully saturated rings. The van der Waals surface area contributed by atoms with Gasteiger partial charge in [-0.25, -0.2) is 9.97 Å². The lowest BCUT2D eigenvalue weighted by atomic mass is 9.92. The molecule has 2 aromatic heterocycles. The lowest BCUT2D eigenvalue weighted by Gasteiger charge is -2.14. The zero-order chi connectivity index (χ0) is 23.9. The van der Waals surface area contributed by atoms with Crippen molar-refractivity contribution in [2.24, 2.45) is 0 Å². The van der Waals surface area contributed by atoms with Crippen LogP contribution >= 0.6 is 0 Å². The van der Waals surface area contributed by atoms with Crippen molar-refractivity contribution in [3.8, 4) is 5.95 Å². The lowest BCUT2D eigenvalue weighted by Crippen LogP contribution is -2.37. The molecule has 3 heterocycles. The monoisotopic (exact) mass is 449 g/mol. The van der Waals surface area contributed by atoms with Gasteiger partial charge in [0, 0.05) is 29.9 Å². The van der Waals surface area contributed by atoms with Gasteiger partial charge in [0.05, 0.1) is 16.2 Å². The Morgan fingerprint density at radius 1 is 1.12 bits per heavy atom. The predicted octanol–water partition coefficient (Wildman–Crippen LogP) is 2.10. The molecular formula is C21H19N7O5. The number of rotatable bonds is 5. The maximum atomic E-state index is 12.8. The number of amides is 3. The van der Waals surface area contributed by atoms with E-state index >= 15 is 0 Å². The summed E-state index contributed by atoms with van der Waals surface area (Å²) in [7, 11) is 0. The molecule has 0 bridgehead atoms. The second-order valence-electron chi connectivity index (χ2n) is 8.33. The first kappa shape index (κ1) is 21.7. The number of benzene rings is 1. The lowest BCUT2D eigenvalue weighted by molar-refractivity contribution is -0.385. The minimum Gasteiger partial charge on any atom is -0.309 e. The average Bonchev–Trinajstić information content (AvgIpc) is 3.29. The van der Waals surface area contributed by atoms with Gasteiger partial charge < -0.3 is 5.32 Å². The van der Waals surface area contributed by atoms with Gasteiger partial charge in [0.1, 0.15) is 17.9 Å². The molecule has 0 spiro atoms. The summed E-state index contributed by atoms with van der Waals surface area (Å²) in [5.74, 6) is -1.89. The number of anilines is 1. The van der Waals surface area contributed by atoms with E-state index in [1.165, 1.54) is 29.2 Å². The quantitative estimate of drug-likeness (QED) is 0.353. The molecular weight excluding hydrogens is 430 g/mol. The smallest absolute Gasteiger partial charge is 0.282 e. The third kappa shape index (κ3) is 3.93. The zero-order valence-corrected chi connectivity index (χ0v) is 18.0. The van der Waals surface area contributed by atoms with Gasteiger partial charge in [0.25, 0.3) is 23.5 Å². The standard InChI is InChI=1S/C21H19N7O5/c1-21(2,3)14-10-15(27(25-14)20-22-8-5-9-23-20)24-16(29)11-26-18(30)12-6-4-7-13(28(32)33)17(12)19(26)31/h4-10H,11H2,1-3H3,(H,24,29). The Bertz CT molecular complexity index is 1290. The molecule has 1 aromatic carbocycles. The Hall–Kier alpha value is -4.48. The second-order valence-corrected chi connectivity index (χ2v) is 8.33. The molecule has 4 rings (SSSR count). The van der Waals surface area contributed by atoms with Gasteiger partial charge in [-0.15, -0.1) is 0 Å². The molecule has 0 saturated heterocycles. The Labute approximate surface area is 187 Å². The third-order valence-electron chi connectivity index (χ3n) is 4.96. The summed E-state index contributed by atoms with van der Waals surface area (Å²) in [5.41, 5.74) is -0.608. The number of nitrogens with one attached hydrogen (secondary N) is 1. The second kappa shape index (κ2) is 7.89. The minimum absolute atomic E-state index is 0.111. The van der Waals surface area contributed by atoms with Crippen molar-refractivity contribution >= 4 is 29.2 Å². The molecule has 1 aliphatic heterocycles. The number of nitro groups is 1. The number of nitrogens with zero attached hydrogens (tertiary/aromatic N) is 6. The number of nitro benzene ring substituents is 1. The van der Waals surface area contributed by atoms with Gasteiger partial charge in [-0.3, -0.25) is 29.4 Å². The summed E-state index contributed by atoms with van der Waals surface area (Å²) < 4.78 is 1.35. The summed E-state index contributed by atoms with van der Waals surface area (Å²) in [6.45, 7) is 5.21. The molecule has 0 unspecified atom stereocenters. The predicted molar refractivity (Wildman–Crippen MR) is 115 cm³/mol. The van der Waals surface area contributed by atoms with E-state index in [1.807, 2.05) is 20.8 Å². The normalized spacial score (nSPS) is 13.2. The fourth-order valence-electron chi connectivity index (χ4n) is 3.33. The molecule has 12 heteroatoms. The Balaban J connectivity index is 1.61. The number of imide groups is 1. The van der Waals surface area contributed by atoms with E-state index in [4.69, 9.17) is 0 Å². The topological polar surface area (TPSA) is 153 Å². The summed E-state index contributed by atoms with van der Waals surface area (Å²) in [5, 5.41) is 18.4. The molecule has 0 radical (unpaired) electrons. The van der Waals surface area contributed by atoms with Crippen LogP contribution in [0.3, 0.4) is 0 Å². The molecule has 0 aliphatic carbocycles. The first-order chi connectivity index (χ1) is 15.6. The van der Waals surface area contributed by atoms with Crippen molar-refractivity contribution < 1.29 is 19.3 Å². The van der Waals surface area contributed by atoms with Crippen molar-refractivity contribution in [1.82, 2.24) is 24.6 Å². The highest BCUT2D eigenvalue weighted by Gasteiger charge is 2.41. The highest BCUT2D eigenvalue weighted by molar-refractivity contribution is 6.24. The van der Waals surface area contributed by atoms with Crippen LogP contribution in [0.15, 0.2) is 42.7 Å². The molecule has 0 saturated carbocycles. The van der Waals surface area contributed by atoms with Crippen LogP contribution in [0.4, 0.5) is 11.5 Å². The SMILES string of the molecule is CC(C)(C)c1cc(NC(=O)CN2C(=O)c3cccc([N+](=O)[O-])c3C2=O)n(-c2ncccn2)n1. The van der Waals surface area contributed by atoms with Crippen LogP contribution in [0, 0.1) is 10.1 Å². The van der Waals surface area contributed by atoms with Crippen LogP contribution < -0.4 is 5.32 Å². The number of fused-ring (bicyclic) bond motifs is 1. The molecule has 0 atom stereocenters. The van der Waals surface area contributed by atoms with E-state index in [2.05, 4.69) is 20.4 Å². The number of carbonyl (C=O) groups is 3. The van der Waals surface area contributed by atoms with E-state index in [-0.39, 0.29) is 28.3 Å². The number of hydrogen-bond acceptors (Lipinski definition) is 8. The van der Waals surface area contributed by atoms with Crippen molar-refractivity contribution in [1.29, 1.82) is 0 Å². The molecule has 1 aliphatic rings. The van der Waals surface area contributed by atoms with Gasteiger partial charge in [0.2, 0.25) is 5.91 Å². The molecule has 168 valence electrons. The Morgan fingerprint density at radius 2 is 1.82 bits per heavy atom. The zero-order valence-electron chi connectivity index (χ0n) is 18.0. The minimum atomic E-state index is -0.896. The first-order valence-electron chi connectivity index (χ1n) is 9.89. The summed E-state index contributed by atoms with van der Waals surface area (Å²) >= 11 is 0. The highest BCUT2D eigenvalue weighted by atomic mass is 16.6. The van der Waals surface area contributed by atoms with E-state index in [1.54, 1.807) is 12.1 Å². The van der Waals surface area contributed by atoms with Crippen LogP contribution in [-0.4, -0.2) is 53.8 Å². The number of aromatic nitrogens is 4. The summed E-state index contributed by atoms with van der Waals surface area (Å²) in [4.78, 5) is 57.7. The fourth-order valence-corrected chi connectivity index (χ4v) is 3.33. The fraction of sp³-hybridized carbons (Fsp3) is 0.238. The number of hydrogen-bond donors (Lipinski definition) is 1. The first-order valence-corrected chi connectivity index (χ1v) is 9.89. The molecule has 12 nitrogen and oxygen atoms in total. The number of carbonyl (C=O) groups excluding carboxylic acids is 3. The highest BCUT2D eigenvalue weighted by Crippen LogP contribution is 2.31. The van der Waals surface area contributed by atoms with Gasteiger partial charge in [-0.05, 0) is 12.1 Å². The Kier molecular flexibility index (Phi) is 5.20. The van der Waals surface area contributed by atoms with Crippen LogP contribution in [-0.2, 0) is 10.2 Å². The van der Waals surface area contributed by atoms with Crippen LogP contribution in [0.25, 0.3) is 5.95 Å². The van der Waals surface area contributed by atoms with Gasteiger partial charge in [-0.1, -0.05) is 26.8 Å². The Morgan fingerprint density at radius 3 is 2.45 bits per heavy atom. The van der Waals surface area contributed by atoms with Crippen molar-refractivity contribution in [3.63, 3.8) is 0 Å². The van der Waals surface area contributed by atoms with Crippen molar-refractivity contribution in [2.75, 3.05) is 11.9 Å². The van der Waals surface area contributed by atoms with E-state index < -0.39 is 34.9 Å². The maximum absolute atomic E-state index is 12.8. The average molecular weight is 449 g/mol. The van der Waals surface area contributed by atoms with Crippen molar-refractivity contribution in [2.45, 2.75) is 26.2 Å². The van der Waals surface area contributed by atoms with Crippen LogP contribution in [0.5, 0.6) is 0 Å². The van der Waals surface area contributed by atoms with Crippen LogP contribution in [0.1, 0.15) is 47.2 Å². The van der Waals surface area contributed by atoms with Gasteiger partial charge in [-0.2, -0.15) is 9.78 Å². The molecule has 1 N–H and O–H groups in total. The molecule has 3 aromatic rings. The van der Waals surface area contributed by atoms with E-state index in [0.29, 0.717) is 10.6 Å². The van der Waals surface area contributed by atoms with E-state index in [0.717, 1.165) is 6.07 Å². The third-order valence-corrected chi connectivity index (χ3v) is 4.96. The van der Waals surface area contributed by atoms with Gasteiger partial charge in [0.15, 0.2) is 0 Å². The molecule has 3 amide bonds. The van der Waals surface area contributed by atoms with Gasteiger partial charge >= 0.3 is 0 Å². The largest absolute Gasteiger partial charge is 0.309 e. The summed E-state index contributed by atoms with van der Waals surface area (Å²) in [6.07, 6.45) is 3.05. The summed E-state index contributed by atoms with van der Waals surface area (Å²) in [6, 6.07) is 7.06. The van der Waals surface area contributed by atoms with Crippen LogP contribution in [0.2, 0.25) is 0 Å². The maximum Gasteiger partial charge on any atom is 0.282 e.